The van der Waals surface area contributed by atoms with E-state index in [0.717, 1.165) is 43.1 Å². The number of carbonyl (C=O) groups excluding carboxylic acids is 1. The minimum Gasteiger partial charge on any atom is -0.454 e. The molecule has 5 rings (SSSR count). The second-order valence-corrected chi connectivity index (χ2v) is 8.08. The predicted molar refractivity (Wildman–Crippen MR) is 99.1 cm³/mol. The van der Waals surface area contributed by atoms with Crippen molar-refractivity contribution in [3.63, 3.8) is 0 Å². The van der Waals surface area contributed by atoms with Gasteiger partial charge >= 0.3 is 0 Å². The summed E-state index contributed by atoms with van der Waals surface area (Å²) in [5.41, 5.74) is 0.898. The molecule has 1 aromatic rings. The fourth-order valence-corrected chi connectivity index (χ4v) is 5.02. The van der Waals surface area contributed by atoms with Gasteiger partial charge in [0.2, 0.25) is 6.79 Å². The van der Waals surface area contributed by atoms with E-state index in [1.54, 1.807) is 0 Å². The third kappa shape index (κ3) is 3.19. The zero-order valence-corrected chi connectivity index (χ0v) is 15.6. The Morgan fingerprint density at radius 3 is 2.74 bits per heavy atom. The molecule has 4 aliphatic rings. The van der Waals surface area contributed by atoms with Crippen LogP contribution in [0.2, 0.25) is 0 Å². The molecule has 1 saturated carbocycles. The van der Waals surface area contributed by atoms with Crippen LogP contribution in [0.15, 0.2) is 18.2 Å². The van der Waals surface area contributed by atoms with Gasteiger partial charge in [0.1, 0.15) is 6.10 Å². The summed E-state index contributed by atoms with van der Waals surface area (Å²) in [6.45, 7) is 2.30. The van der Waals surface area contributed by atoms with Gasteiger partial charge in [-0.05, 0) is 31.4 Å². The molecular formula is C21H27NO5. The first kappa shape index (κ1) is 17.3. The van der Waals surface area contributed by atoms with Gasteiger partial charge in [0, 0.05) is 36.2 Å². The number of nitrogens with zero attached hydrogens (tertiary/aromatic N) is 1. The second kappa shape index (κ2) is 7.32. The van der Waals surface area contributed by atoms with E-state index in [-0.39, 0.29) is 30.8 Å². The number of anilines is 1. The van der Waals surface area contributed by atoms with Crippen LogP contribution in [0, 0.1) is 11.8 Å². The molecule has 0 bridgehead atoms. The number of benzene rings is 1. The fourth-order valence-electron chi connectivity index (χ4n) is 5.02. The molecule has 1 amide bonds. The van der Waals surface area contributed by atoms with Crippen molar-refractivity contribution in [1.82, 2.24) is 0 Å². The third-order valence-corrected chi connectivity index (χ3v) is 6.47. The topological polar surface area (TPSA) is 57.2 Å². The maximum Gasteiger partial charge on any atom is 0.256 e. The molecular weight excluding hydrogens is 346 g/mol. The summed E-state index contributed by atoms with van der Waals surface area (Å²) in [7, 11) is 0. The number of rotatable bonds is 3. The van der Waals surface area contributed by atoms with Crippen molar-refractivity contribution in [3.05, 3.63) is 18.2 Å². The zero-order chi connectivity index (χ0) is 18.2. The van der Waals surface area contributed by atoms with Gasteiger partial charge in [0.25, 0.3) is 5.91 Å². The summed E-state index contributed by atoms with van der Waals surface area (Å²) in [6.07, 6.45) is 6.23. The van der Waals surface area contributed by atoms with Crippen molar-refractivity contribution < 1.29 is 23.7 Å². The molecule has 0 spiro atoms. The van der Waals surface area contributed by atoms with Gasteiger partial charge < -0.3 is 23.8 Å². The van der Waals surface area contributed by atoms with Crippen molar-refractivity contribution in [2.45, 2.75) is 50.7 Å². The van der Waals surface area contributed by atoms with E-state index in [9.17, 15) is 4.79 Å². The van der Waals surface area contributed by atoms with E-state index in [1.165, 1.54) is 19.3 Å². The maximum absolute atomic E-state index is 13.7. The van der Waals surface area contributed by atoms with Crippen molar-refractivity contribution >= 4 is 11.6 Å². The van der Waals surface area contributed by atoms with Gasteiger partial charge in [0.05, 0.1) is 13.2 Å². The Hall–Kier alpha value is -1.79. The molecule has 3 heterocycles. The number of amides is 1. The summed E-state index contributed by atoms with van der Waals surface area (Å²) in [5.74, 6) is 2.19. The lowest BCUT2D eigenvalue weighted by atomic mass is 9.85. The first-order chi connectivity index (χ1) is 13.3. The average Bonchev–Trinajstić information content (AvgIpc) is 3.35. The van der Waals surface area contributed by atoms with Gasteiger partial charge in [-0.2, -0.15) is 0 Å². The minimum atomic E-state index is -0.355. The van der Waals surface area contributed by atoms with E-state index in [2.05, 4.69) is 0 Å². The number of ether oxygens (including phenoxy) is 4. The monoisotopic (exact) mass is 373 g/mol. The Kier molecular flexibility index (Phi) is 4.70. The average molecular weight is 373 g/mol. The SMILES string of the molecule is O=C(C1OCC2COCCC21)N(c1ccc2c(c1)OCO2)C1CCCCC1. The molecule has 1 aromatic carbocycles. The van der Waals surface area contributed by atoms with Crippen molar-refractivity contribution in [2.24, 2.45) is 11.8 Å². The molecule has 27 heavy (non-hydrogen) atoms. The lowest BCUT2D eigenvalue weighted by Gasteiger charge is -2.37. The Balaban J connectivity index is 1.45. The van der Waals surface area contributed by atoms with E-state index in [1.807, 2.05) is 23.1 Å². The van der Waals surface area contributed by atoms with Crippen LogP contribution in [0.5, 0.6) is 11.5 Å². The lowest BCUT2D eigenvalue weighted by Crippen LogP contribution is -2.49. The third-order valence-electron chi connectivity index (χ3n) is 6.47. The Morgan fingerprint density at radius 1 is 1.00 bits per heavy atom. The van der Waals surface area contributed by atoms with Crippen LogP contribution < -0.4 is 14.4 Å². The largest absolute Gasteiger partial charge is 0.454 e. The van der Waals surface area contributed by atoms with Crippen LogP contribution in [0.1, 0.15) is 38.5 Å². The van der Waals surface area contributed by atoms with Gasteiger partial charge in [-0.15, -0.1) is 0 Å². The molecule has 3 fully saturated rings. The quantitative estimate of drug-likeness (QED) is 0.815. The Morgan fingerprint density at radius 2 is 1.85 bits per heavy atom. The van der Waals surface area contributed by atoms with E-state index in [4.69, 9.17) is 18.9 Å². The molecule has 3 unspecified atom stereocenters. The normalized spacial score (nSPS) is 30.1. The molecule has 0 radical (unpaired) electrons. The highest BCUT2D eigenvalue weighted by Gasteiger charge is 2.46. The number of carbonyl (C=O) groups is 1. The number of hydrogen-bond acceptors (Lipinski definition) is 5. The molecule has 2 saturated heterocycles. The second-order valence-electron chi connectivity index (χ2n) is 8.08. The van der Waals surface area contributed by atoms with Crippen molar-refractivity contribution in [3.8, 4) is 11.5 Å². The first-order valence-corrected chi connectivity index (χ1v) is 10.2. The van der Waals surface area contributed by atoms with Crippen LogP contribution in [-0.2, 0) is 14.3 Å². The summed E-state index contributed by atoms with van der Waals surface area (Å²) in [4.78, 5) is 15.7. The first-order valence-electron chi connectivity index (χ1n) is 10.2. The fraction of sp³-hybridized carbons (Fsp3) is 0.667. The van der Waals surface area contributed by atoms with Crippen molar-refractivity contribution in [2.75, 3.05) is 31.5 Å². The molecule has 3 aliphatic heterocycles. The van der Waals surface area contributed by atoms with E-state index < -0.39 is 0 Å². The highest BCUT2D eigenvalue weighted by atomic mass is 16.7. The highest BCUT2D eigenvalue weighted by molar-refractivity contribution is 5.98. The summed E-state index contributed by atoms with van der Waals surface area (Å²) in [6, 6.07) is 6.07. The molecule has 6 nitrogen and oxygen atoms in total. The van der Waals surface area contributed by atoms with E-state index >= 15 is 0 Å². The number of hydrogen-bond donors (Lipinski definition) is 0. The summed E-state index contributed by atoms with van der Waals surface area (Å²) in [5, 5.41) is 0. The predicted octanol–water partition coefficient (Wildman–Crippen LogP) is 3.13. The molecule has 0 N–H and O–H groups in total. The van der Waals surface area contributed by atoms with Crippen molar-refractivity contribution in [1.29, 1.82) is 0 Å². The zero-order valence-electron chi connectivity index (χ0n) is 15.6. The van der Waals surface area contributed by atoms with Gasteiger partial charge in [-0.25, -0.2) is 0 Å². The minimum absolute atomic E-state index is 0.107. The number of fused-ring (bicyclic) bond motifs is 2. The van der Waals surface area contributed by atoms with Crippen LogP contribution in [0.25, 0.3) is 0 Å². The smallest absolute Gasteiger partial charge is 0.256 e. The molecule has 146 valence electrons. The highest BCUT2D eigenvalue weighted by Crippen LogP contribution is 2.40. The van der Waals surface area contributed by atoms with Crippen LogP contribution >= 0.6 is 0 Å². The van der Waals surface area contributed by atoms with E-state index in [0.29, 0.717) is 19.1 Å². The van der Waals surface area contributed by atoms with Gasteiger partial charge in [-0.1, -0.05) is 19.3 Å². The summed E-state index contributed by atoms with van der Waals surface area (Å²) >= 11 is 0. The van der Waals surface area contributed by atoms with Gasteiger partial charge in [0.15, 0.2) is 11.5 Å². The maximum atomic E-state index is 13.7. The standard InChI is InChI=1S/C21H27NO5/c23-21(20-17-8-9-24-11-14(17)12-25-20)22(15-4-2-1-3-5-15)16-6-7-18-19(10-16)27-13-26-18/h6-7,10,14-15,17,20H,1-5,8-9,11-13H2. The molecule has 1 aliphatic carbocycles. The van der Waals surface area contributed by atoms with Gasteiger partial charge in [-0.3, -0.25) is 4.79 Å². The van der Waals surface area contributed by atoms with Crippen LogP contribution in [0.4, 0.5) is 5.69 Å². The lowest BCUT2D eigenvalue weighted by molar-refractivity contribution is -0.130. The molecule has 3 atom stereocenters. The molecule has 6 heteroatoms. The summed E-state index contributed by atoms with van der Waals surface area (Å²) < 4.78 is 22.6. The Labute approximate surface area is 159 Å². The molecule has 0 aromatic heterocycles. The van der Waals surface area contributed by atoms with Crippen LogP contribution in [-0.4, -0.2) is 44.7 Å². The Bertz CT molecular complexity index is 702. The van der Waals surface area contributed by atoms with Crippen LogP contribution in [0.3, 0.4) is 0 Å².